The second-order valence-corrected chi connectivity index (χ2v) is 7.36. The molecule has 2 aromatic rings. The average molecular weight is 360 g/mol. The molecular formula is C20H33N5O. The van der Waals surface area contributed by atoms with Gasteiger partial charge < -0.3 is 15.1 Å². The molecule has 0 amide bonds. The van der Waals surface area contributed by atoms with Crippen LogP contribution in [0.4, 0.5) is 0 Å². The predicted octanol–water partition coefficient (Wildman–Crippen LogP) is 2.99. The molecule has 144 valence electrons. The summed E-state index contributed by atoms with van der Waals surface area (Å²) in [6, 6.07) is 4.18. The van der Waals surface area contributed by atoms with Crippen molar-refractivity contribution in [3.05, 3.63) is 41.1 Å². The zero-order valence-electron chi connectivity index (χ0n) is 17.0. The number of aromatic nitrogens is 2. The van der Waals surface area contributed by atoms with Crippen LogP contribution >= 0.6 is 0 Å². The predicted molar refractivity (Wildman–Crippen MR) is 107 cm³/mol. The maximum absolute atomic E-state index is 5.39. The summed E-state index contributed by atoms with van der Waals surface area (Å²) in [6.45, 7) is 12.3. The Morgan fingerprint density at radius 3 is 2.65 bits per heavy atom. The number of hydrogen-bond acceptors (Lipinski definition) is 3. The number of aryl methyl sites for hydroxylation is 2. The summed E-state index contributed by atoms with van der Waals surface area (Å²) < 4.78 is 7.34. The minimum Gasteiger partial charge on any atom is -0.469 e. The van der Waals surface area contributed by atoms with Crippen molar-refractivity contribution < 1.29 is 4.42 Å². The van der Waals surface area contributed by atoms with Gasteiger partial charge in [0.1, 0.15) is 5.76 Å². The van der Waals surface area contributed by atoms with E-state index in [0.717, 1.165) is 43.3 Å². The number of rotatable bonds is 8. The van der Waals surface area contributed by atoms with Gasteiger partial charge in [-0.15, -0.1) is 0 Å². The van der Waals surface area contributed by atoms with Gasteiger partial charge in [0.05, 0.1) is 12.0 Å². The van der Waals surface area contributed by atoms with Crippen LogP contribution < -0.4 is 10.6 Å². The third kappa shape index (κ3) is 5.93. The fraction of sp³-hybridized carbons (Fsp3) is 0.600. The van der Waals surface area contributed by atoms with Crippen molar-refractivity contribution in [2.45, 2.75) is 53.5 Å². The highest BCUT2D eigenvalue weighted by atomic mass is 16.3. The lowest BCUT2D eigenvalue weighted by Gasteiger charge is -2.19. The largest absolute Gasteiger partial charge is 0.469 e. The highest BCUT2D eigenvalue weighted by Crippen LogP contribution is 2.14. The highest BCUT2D eigenvalue weighted by Gasteiger charge is 2.14. The SMILES string of the molecule is Cc1nn(C)c(C)c1CC(C)NC(=NCC(C)C)NCCc1ccco1. The van der Waals surface area contributed by atoms with Gasteiger partial charge in [0.25, 0.3) is 0 Å². The second kappa shape index (κ2) is 9.46. The van der Waals surface area contributed by atoms with Crippen LogP contribution in [0.1, 0.15) is 43.5 Å². The van der Waals surface area contributed by atoms with Crippen LogP contribution in [-0.2, 0) is 19.9 Å². The second-order valence-electron chi connectivity index (χ2n) is 7.36. The van der Waals surface area contributed by atoms with Crippen molar-refractivity contribution >= 4 is 5.96 Å². The topological polar surface area (TPSA) is 67.4 Å². The first kappa shape index (κ1) is 20.1. The summed E-state index contributed by atoms with van der Waals surface area (Å²) in [5, 5.41) is 11.5. The zero-order chi connectivity index (χ0) is 19.1. The number of furan rings is 1. The molecule has 2 N–H and O–H groups in total. The van der Waals surface area contributed by atoms with E-state index in [0.29, 0.717) is 5.92 Å². The Morgan fingerprint density at radius 1 is 1.31 bits per heavy atom. The van der Waals surface area contributed by atoms with Crippen LogP contribution in [0.2, 0.25) is 0 Å². The van der Waals surface area contributed by atoms with Crippen LogP contribution in [0.5, 0.6) is 0 Å². The lowest BCUT2D eigenvalue weighted by atomic mass is 10.1. The molecule has 1 unspecified atom stereocenters. The van der Waals surface area contributed by atoms with Crippen molar-refractivity contribution in [1.29, 1.82) is 0 Å². The highest BCUT2D eigenvalue weighted by molar-refractivity contribution is 5.80. The molecule has 0 saturated carbocycles. The van der Waals surface area contributed by atoms with E-state index in [1.165, 1.54) is 11.3 Å². The molecule has 0 fully saturated rings. The van der Waals surface area contributed by atoms with Crippen molar-refractivity contribution in [3.8, 4) is 0 Å². The number of hydrogen-bond donors (Lipinski definition) is 2. The van der Waals surface area contributed by atoms with Crippen molar-refractivity contribution in [2.24, 2.45) is 18.0 Å². The molecule has 6 heteroatoms. The van der Waals surface area contributed by atoms with E-state index in [-0.39, 0.29) is 6.04 Å². The summed E-state index contributed by atoms with van der Waals surface area (Å²) in [4.78, 5) is 4.72. The lowest BCUT2D eigenvalue weighted by Crippen LogP contribution is -2.44. The summed E-state index contributed by atoms with van der Waals surface area (Å²) in [7, 11) is 2.00. The Labute approximate surface area is 157 Å². The van der Waals surface area contributed by atoms with E-state index in [1.807, 2.05) is 23.9 Å². The normalized spacial score (nSPS) is 13.3. The first-order valence-corrected chi connectivity index (χ1v) is 9.43. The van der Waals surface area contributed by atoms with Crippen LogP contribution in [0.3, 0.4) is 0 Å². The third-order valence-electron chi connectivity index (χ3n) is 4.41. The smallest absolute Gasteiger partial charge is 0.191 e. The molecular weight excluding hydrogens is 326 g/mol. The first-order chi connectivity index (χ1) is 12.4. The number of nitrogens with one attached hydrogen (secondary N) is 2. The van der Waals surface area contributed by atoms with Crippen LogP contribution in [0.15, 0.2) is 27.8 Å². The van der Waals surface area contributed by atoms with E-state index in [1.54, 1.807) is 6.26 Å². The third-order valence-corrected chi connectivity index (χ3v) is 4.41. The van der Waals surface area contributed by atoms with E-state index < -0.39 is 0 Å². The summed E-state index contributed by atoms with van der Waals surface area (Å²) in [6.07, 6.45) is 3.47. The average Bonchev–Trinajstić information content (AvgIpc) is 3.17. The van der Waals surface area contributed by atoms with Gasteiger partial charge >= 0.3 is 0 Å². The summed E-state index contributed by atoms with van der Waals surface area (Å²) >= 11 is 0. The van der Waals surface area contributed by atoms with Crippen LogP contribution in [-0.4, -0.2) is 34.9 Å². The molecule has 0 aromatic carbocycles. The summed E-state index contributed by atoms with van der Waals surface area (Å²) in [5.41, 5.74) is 3.64. The first-order valence-electron chi connectivity index (χ1n) is 9.43. The van der Waals surface area contributed by atoms with Gasteiger partial charge in [-0.25, -0.2) is 0 Å². The Morgan fingerprint density at radius 2 is 2.08 bits per heavy atom. The Hall–Kier alpha value is -2.24. The number of nitrogens with zero attached hydrogens (tertiary/aromatic N) is 3. The molecule has 6 nitrogen and oxygen atoms in total. The molecule has 2 rings (SSSR count). The molecule has 0 aliphatic heterocycles. The van der Waals surface area contributed by atoms with Gasteiger partial charge in [0.15, 0.2) is 5.96 Å². The van der Waals surface area contributed by atoms with E-state index >= 15 is 0 Å². The molecule has 0 spiro atoms. The van der Waals surface area contributed by atoms with Gasteiger partial charge in [0.2, 0.25) is 0 Å². The van der Waals surface area contributed by atoms with E-state index in [2.05, 4.69) is 50.4 Å². The van der Waals surface area contributed by atoms with Gasteiger partial charge in [-0.3, -0.25) is 9.67 Å². The maximum atomic E-state index is 5.39. The summed E-state index contributed by atoms with van der Waals surface area (Å²) in [5.74, 6) is 2.36. The standard InChI is InChI=1S/C20H33N5O/c1-14(2)13-22-20(21-10-9-18-8-7-11-26-18)23-15(3)12-19-16(4)24-25(6)17(19)5/h7-8,11,14-15H,9-10,12-13H2,1-6H3,(H2,21,22,23). The van der Waals surface area contributed by atoms with Gasteiger partial charge in [-0.05, 0) is 50.8 Å². The van der Waals surface area contributed by atoms with Gasteiger partial charge in [-0.1, -0.05) is 13.8 Å². The molecule has 0 radical (unpaired) electrons. The molecule has 0 saturated heterocycles. The van der Waals surface area contributed by atoms with Gasteiger partial charge in [0, 0.05) is 38.3 Å². The minimum absolute atomic E-state index is 0.263. The Bertz CT molecular complexity index is 700. The van der Waals surface area contributed by atoms with Crippen molar-refractivity contribution in [2.75, 3.05) is 13.1 Å². The number of aliphatic imine (C=N–C) groups is 1. The maximum Gasteiger partial charge on any atom is 0.191 e. The molecule has 2 heterocycles. The molecule has 26 heavy (non-hydrogen) atoms. The molecule has 0 aliphatic rings. The van der Waals surface area contributed by atoms with E-state index in [4.69, 9.17) is 9.41 Å². The Kier molecular flexibility index (Phi) is 7.30. The quantitative estimate of drug-likeness (QED) is 0.562. The lowest BCUT2D eigenvalue weighted by molar-refractivity contribution is 0.506. The Balaban J connectivity index is 1.94. The fourth-order valence-corrected chi connectivity index (χ4v) is 2.89. The fourth-order valence-electron chi connectivity index (χ4n) is 2.89. The van der Waals surface area contributed by atoms with E-state index in [9.17, 15) is 0 Å². The minimum atomic E-state index is 0.263. The van der Waals surface area contributed by atoms with Gasteiger partial charge in [-0.2, -0.15) is 5.10 Å². The molecule has 0 bridgehead atoms. The van der Waals surface area contributed by atoms with Crippen molar-refractivity contribution in [3.63, 3.8) is 0 Å². The molecule has 2 aromatic heterocycles. The monoisotopic (exact) mass is 359 g/mol. The zero-order valence-corrected chi connectivity index (χ0v) is 17.0. The molecule has 1 atom stereocenters. The van der Waals surface area contributed by atoms with Crippen LogP contribution in [0, 0.1) is 19.8 Å². The van der Waals surface area contributed by atoms with Crippen molar-refractivity contribution in [1.82, 2.24) is 20.4 Å². The molecule has 0 aliphatic carbocycles. The number of guanidine groups is 1. The van der Waals surface area contributed by atoms with Crippen LogP contribution in [0.25, 0.3) is 0 Å².